The number of fused-ring (bicyclic) bond motifs is 1. The summed E-state index contributed by atoms with van der Waals surface area (Å²) in [5.41, 5.74) is 0.416. The minimum atomic E-state index is -4.32. The Bertz CT molecular complexity index is 381. The lowest BCUT2D eigenvalue weighted by molar-refractivity contribution is -0.142. The van der Waals surface area contributed by atoms with Gasteiger partial charge in [-0.1, -0.05) is 0 Å². The van der Waals surface area contributed by atoms with E-state index in [9.17, 15) is 13.2 Å². The lowest BCUT2D eigenvalue weighted by Crippen LogP contribution is -2.11. The summed E-state index contributed by atoms with van der Waals surface area (Å²) in [5, 5.41) is 3.68. The molecule has 0 N–H and O–H groups in total. The molecule has 1 aromatic heterocycles. The van der Waals surface area contributed by atoms with Crippen molar-refractivity contribution in [2.24, 2.45) is 0 Å². The summed E-state index contributed by atoms with van der Waals surface area (Å²) >= 11 is 1.51. The zero-order chi connectivity index (χ0) is 11.2. The van der Waals surface area contributed by atoms with Crippen LogP contribution in [0.25, 0.3) is 0 Å². The predicted octanol–water partition coefficient (Wildman–Crippen LogP) is 3.23. The van der Waals surface area contributed by atoms with Crippen LogP contribution in [0.3, 0.4) is 0 Å². The van der Waals surface area contributed by atoms with Gasteiger partial charge in [-0.25, -0.2) is 0 Å². The highest BCUT2D eigenvalue weighted by Gasteiger charge is 2.40. The molecule has 0 saturated heterocycles. The first kappa shape index (κ1) is 10.9. The minimum Gasteiger partial charge on any atom is -0.265 e. The van der Waals surface area contributed by atoms with Crippen LogP contribution in [0.5, 0.6) is 0 Å². The van der Waals surface area contributed by atoms with Gasteiger partial charge in [-0.3, -0.25) is 4.68 Å². The molecule has 2 rings (SSSR count). The van der Waals surface area contributed by atoms with E-state index in [0.29, 0.717) is 17.1 Å². The molecule has 0 fully saturated rings. The zero-order valence-corrected chi connectivity index (χ0v) is 9.24. The zero-order valence-electron chi connectivity index (χ0n) is 8.43. The van der Waals surface area contributed by atoms with Crippen molar-refractivity contribution in [3.63, 3.8) is 0 Å². The fourth-order valence-electron chi connectivity index (χ4n) is 1.71. The molecule has 1 aliphatic heterocycles. The quantitative estimate of drug-likeness (QED) is 0.745. The molecule has 2 heterocycles. The van der Waals surface area contributed by atoms with Crippen molar-refractivity contribution in [1.29, 1.82) is 0 Å². The Hall–Kier alpha value is -0.650. The molecule has 0 radical (unpaired) electrons. The molecule has 6 heteroatoms. The van der Waals surface area contributed by atoms with Gasteiger partial charge in [0.15, 0.2) is 5.69 Å². The van der Waals surface area contributed by atoms with E-state index in [1.807, 2.05) is 13.8 Å². The first-order valence-corrected chi connectivity index (χ1v) is 5.82. The van der Waals surface area contributed by atoms with Gasteiger partial charge in [-0.15, -0.1) is 0 Å². The van der Waals surface area contributed by atoms with Gasteiger partial charge in [0.2, 0.25) is 0 Å². The van der Waals surface area contributed by atoms with Gasteiger partial charge in [0, 0.05) is 23.1 Å². The van der Waals surface area contributed by atoms with E-state index in [1.54, 1.807) is 0 Å². The largest absolute Gasteiger partial charge is 0.435 e. The van der Waals surface area contributed by atoms with Gasteiger partial charge in [0.25, 0.3) is 0 Å². The number of hydrogen-bond donors (Lipinski definition) is 0. The second-order valence-corrected chi connectivity index (χ2v) is 4.79. The number of aromatic nitrogens is 2. The van der Waals surface area contributed by atoms with E-state index in [-0.39, 0.29) is 6.04 Å². The minimum absolute atomic E-state index is 0.0199. The van der Waals surface area contributed by atoms with Crippen LogP contribution in [0.1, 0.15) is 36.8 Å². The molecule has 84 valence electrons. The summed E-state index contributed by atoms with van der Waals surface area (Å²) in [6, 6.07) is -0.0199. The van der Waals surface area contributed by atoms with Crippen LogP contribution in [-0.4, -0.2) is 9.78 Å². The lowest BCUT2D eigenvalue weighted by atomic mass is 10.2. The number of nitrogens with zero attached hydrogens (tertiary/aromatic N) is 2. The third kappa shape index (κ3) is 1.75. The number of rotatable bonds is 1. The Labute approximate surface area is 89.8 Å². The van der Waals surface area contributed by atoms with Crippen molar-refractivity contribution in [1.82, 2.24) is 9.78 Å². The molecule has 2 nitrogen and oxygen atoms in total. The van der Waals surface area contributed by atoms with Crippen LogP contribution in [0.2, 0.25) is 0 Å². The van der Waals surface area contributed by atoms with Gasteiger partial charge < -0.3 is 0 Å². The Morgan fingerprint density at radius 1 is 1.33 bits per heavy atom. The molecule has 0 bridgehead atoms. The lowest BCUT2D eigenvalue weighted by Gasteiger charge is -2.08. The second kappa shape index (κ2) is 3.43. The highest BCUT2D eigenvalue weighted by molar-refractivity contribution is 7.98. The topological polar surface area (TPSA) is 17.8 Å². The monoisotopic (exact) mass is 236 g/mol. The Morgan fingerprint density at radius 3 is 2.53 bits per heavy atom. The van der Waals surface area contributed by atoms with Crippen LogP contribution in [0.4, 0.5) is 13.2 Å². The van der Waals surface area contributed by atoms with Gasteiger partial charge in [0.1, 0.15) is 0 Å². The summed E-state index contributed by atoms with van der Waals surface area (Å²) in [4.78, 5) is 0. The maximum absolute atomic E-state index is 12.6. The molecule has 0 saturated carbocycles. The molecule has 0 unspecified atom stereocenters. The van der Waals surface area contributed by atoms with Crippen LogP contribution in [0.15, 0.2) is 0 Å². The van der Waals surface area contributed by atoms with E-state index >= 15 is 0 Å². The molecule has 15 heavy (non-hydrogen) atoms. The SMILES string of the molecule is CC(C)n1nc(C(F)(F)F)c2c1CSC2. The number of halogens is 3. The Balaban J connectivity index is 2.54. The standard InChI is InChI=1S/C9H11F3N2S/c1-5(2)14-7-4-15-3-6(7)8(13-14)9(10,11)12/h5H,3-4H2,1-2H3. The summed E-state index contributed by atoms with van der Waals surface area (Å²) in [5.74, 6) is 1.06. The van der Waals surface area contributed by atoms with E-state index in [0.717, 1.165) is 5.69 Å². The van der Waals surface area contributed by atoms with E-state index in [1.165, 1.54) is 16.4 Å². The molecule has 0 aliphatic carbocycles. The van der Waals surface area contributed by atoms with Gasteiger partial charge in [-0.05, 0) is 13.8 Å². The first-order valence-electron chi connectivity index (χ1n) is 4.66. The molecular formula is C9H11F3N2S. The number of thioether (sulfide) groups is 1. The van der Waals surface area contributed by atoms with E-state index < -0.39 is 11.9 Å². The highest BCUT2D eigenvalue weighted by atomic mass is 32.2. The third-order valence-electron chi connectivity index (χ3n) is 2.36. The van der Waals surface area contributed by atoms with Gasteiger partial charge in [-0.2, -0.15) is 30.0 Å². The van der Waals surface area contributed by atoms with Crippen molar-refractivity contribution in [2.45, 2.75) is 37.6 Å². The summed E-state index contributed by atoms with van der Waals surface area (Å²) in [6.45, 7) is 3.69. The van der Waals surface area contributed by atoms with Gasteiger partial charge >= 0.3 is 6.18 Å². The fourth-order valence-corrected chi connectivity index (χ4v) is 2.82. The van der Waals surface area contributed by atoms with Crippen LogP contribution in [-0.2, 0) is 17.7 Å². The van der Waals surface area contributed by atoms with Crippen LogP contribution >= 0.6 is 11.8 Å². The van der Waals surface area contributed by atoms with E-state index in [4.69, 9.17) is 0 Å². The van der Waals surface area contributed by atoms with Crippen molar-refractivity contribution < 1.29 is 13.2 Å². The smallest absolute Gasteiger partial charge is 0.265 e. The molecule has 1 aliphatic rings. The highest BCUT2D eigenvalue weighted by Crippen LogP contribution is 2.40. The molecule has 0 spiro atoms. The third-order valence-corrected chi connectivity index (χ3v) is 3.33. The summed E-state index contributed by atoms with van der Waals surface area (Å²) in [7, 11) is 0. The molecular weight excluding hydrogens is 225 g/mol. The van der Waals surface area contributed by atoms with Gasteiger partial charge in [0.05, 0.1) is 5.69 Å². The maximum atomic E-state index is 12.6. The maximum Gasteiger partial charge on any atom is 0.435 e. The van der Waals surface area contributed by atoms with E-state index in [2.05, 4.69) is 5.10 Å². The predicted molar refractivity (Wildman–Crippen MR) is 52.6 cm³/mol. The molecule has 0 atom stereocenters. The molecule has 0 aromatic carbocycles. The Morgan fingerprint density at radius 2 is 2.00 bits per heavy atom. The number of alkyl halides is 3. The van der Waals surface area contributed by atoms with Crippen molar-refractivity contribution in [2.75, 3.05) is 0 Å². The van der Waals surface area contributed by atoms with Crippen molar-refractivity contribution in [3.05, 3.63) is 17.0 Å². The van der Waals surface area contributed by atoms with Crippen LogP contribution < -0.4 is 0 Å². The first-order chi connectivity index (χ1) is 6.91. The normalized spacial score (nSPS) is 16.1. The summed E-state index contributed by atoms with van der Waals surface area (Å²) < 4.78 is 39.4. The fraction of sp³-hybridized carbons (Fsp3) is 0.667. The number of hydrogen-bond acceptors (Lipinski definition) is 2. The molecule has 0 amide bonds. The van der Waals surface area contributed by atoms with Crippen molar-refractivity contribution in [3.8, 4) is 0 Å². The molecule has 1 aromatic rings. The average Bonchev–Trinajstić information content (AvgIpc) is 2.57. The Kier molecular flexibility index (Phi) is 2.48. The second-order valence-electron chi connectivity index (χ2n) is 3.80. The van der Waals surface area contributed by atoms with Crippen LogP contribution in [0, 0.1) is 0 Å². The average molecular weight is 236 g/mol. The summed E-state index contributed by atoms with van der Waals surface area (Å²) in [6.07, 6.45) is -4.32. The van der Waals surface area contributed by atoms with Crippen molar-refractivity contribution >= 4 is 11.8 Å².